The van der Waals surface area contributed by atoms with Crippen LogP contribution in [0.3, 0.4) is 0 Å². The van der Waals surface area contributed by atoms with E-state index in [1.165, 1.54) is 0 Å². The molecule has 1 aromatic rings. The molecule has 0 spiro atoms. The molecule has 1 N–H and O–H groups in total. The van der Waals surface area contributed by atoms with Crippen LogP contribution < -0.4 is 10.2 Å². The summed E-state index contributed by atoms with van der Waals surface area (Å²) >= 11 is 0. The minimum absolute atomic E-state index is 0.432. The first-order chi connectivity index (χ1) is 8.56. The first kappa shape index (κ1) is 14.7. The second-order valence-corrected chi connectivity index (χ2v) is 4.77. The van der Waals surface area contributed by atoms with Crippen molar-refractivity contribution in [2.75, 3.05) is 37.5 Å². The van der Waals surface area contributed by atoms with Crippen LogP contribution in [0.1, 0.15) is 26.6 Å². The van der Waals surface area contributed by atoms with Crippen molar-refractivity contribution in [2.45, 2.75) is 27.4 Å². The van der Waals surface area contributed by atoms with Crippen molar-refractivity contribution in [1.82, 2.24) is 9.97 Å². The molecule has 0 aliphatic heterocycles. The average molecular weight is 252 g/mol. The van der Waals surface area contributed by atoms with E-state index >= 15 is 0 Å². The molecular weight excluding hydrogens is 228 g/mol. The summed E-state index contributed by atoms with van der Waals surface area (Å²) in [5.74, 6) is 3.09. The number of ether oxygens (including phenoxy) is 1. The van der Waals surface area contributed by atoms with E-state index in [9.17, 15) is 0 Å². The zero-order valence-electron chi connectivity index (χ0n) is 12.0. The number of aromatic nitrogens is 2. The molecule has 0 aliphatic rings. The molecule has 5 heteroatoms. The Bertz CT molecular complexity index is 344. The number of nitrogens with one attached hydrogen (secondary N) is 1. The van der Waals surface area contributed by atoms with Crippen molar-refractivity contribution >= 4 is 11.6 Å². The van der Waals surface area contributed by atoms with Crippen molar-refractivity contribution < 1.29 is 4.74 Å². The fourth-order valence-electron chi connectivity index (χ4n) is 1.79. The van der Waals surface area contributed by atoms with E-state index in [4.69, 9.17) is 4.74 Å². The van der Waals surface area contributed by atoms with Gasteiger partial charge in [-0.2, -0.15) is 0 Å². The van der Waals surface area contributed by atoms with Gasteiger partial charge in [0.2, 0.25) is 0 Å². The highest BCUT2D eigenvalue weighted by molar-refractivity contribution is 5.48. The van der Waals surface area contributed by atoms with E-state index in [0.717, 1.165) is 24.7 Å². The molecule has 0 radical (unpaired) electrons. The first-order valence-electron chi connectivity index (χ1n) is 6.38. The minimum Gasteiger partial charge on any atom is -0.377 e. The molecule has 102 valence electrons. The van der Waals surface area contributed by atoms with E-state index in [1.807, 2.05) is 6.07 Å². The molecule has 1 aromatic heterocycles. The first-order valence-corrected chi connectivity index (χ1v) is 6.38. The van der Waals surface area contributed by atoms with E-state index in [-0.39, 0.29) is 0 Å². The van der Waals surface area contributed by atoms with Crippen molar-refractivity contribution in [3.8, 4) is 0 Å². The predicted octanol–water partition coefficient (Wildman–Crippen LogP) is 2.15. The highest BCUT2D eigenvalue weighted by Crippen LogP contribution is 2.16. The number of methoxy groups -OCH3 is 1. The summed E-state index contributed by atoms with van der Waals surface area (Å²) < 4.78 is 5.11. The topological polar surface area (TPSA) is 50.3 Å². The maximum atomic E-state index is 5.11. The molecule has 0 saturated heterocycles. The number of nitrogens with zero attached hydrogens (tertiary/aromatic N) is 3. The van der Waals surface area contributed by atoms with Crippen LogP contribution in [0.15, 0.2) is 6.07 Å². The van der Waals surface area contributed by atoms with Gasteiger partial charge in [-0.1, -0.05) is 13.8 Å². The molecule has 5 nitrogen and oxygen atoms in total. The lowest BCUT2D eigenvalue weighted by Gasteiger charge is -2.21. The lowest BCUT2D eigenvalue weighted by Crippen LogP contribution is -2.24. The SMILES string of the molecule is CCNc1cc(N(C)CC(C)C)nc(COC)n1. The van der Waals surface area contributed by atoms with Crippen LogP contribution in [-0.4, -0.2) is 37.2 Å². The Hall–Kier alpha value is -1.36. The van der Waals surface area contributed by atoms with Crippen LogP contribution in [-0.2, 0) is 11.3 Å². The highest BCUT2D eigenvalue weighted by Gasteiger charge is 2.09. The maximum absolute atomic E-state index is 5.11. The lowest BCUT2D eigenvalue weighted by atomic mass is 10.2. The van der Waals surface area contributed by atoms with Crippen molar-refractivity contribution in [3.05, 3.63) is 11.9 Å². The molecule has 0 saturated carbocycles. The van der Waals surface area contributed by atoms with Crippen LogP contribution in [0.2, 0.25) is 0 Å². The Kier molecular flexibility index (Phi) is 5.85. The molecule has 1 rings (SSSR count). The monoisotopic (exact) mass is 252 g/mol. The van der Waals surface area contributed by atoms with E-state index in [1.54, 1.807) is 7.11 Å². The Labute approximate surface area is 110 Å². The normalized spacial score (nSPS) is 10.8. The Morgan fingerprint density at radius 2 is 2.11 bits per heavy atom. The van der Waals surface area contributed by atoms with Gasteiger partial charge in [0.15, 0.2) is 5.82 Å². The van der Waals surface area contributed by atoms with E-state index in [2.05, 4.69) is 48.0 Å². The largest absolute Gasteiger partial charge is 0.377 e. The quantitative estimate of drug-likeness (QED) is 0.805. The van der Waals surface area contributed by atoms with Gasteiger partial charge in [0.1, 0.15) is 18.2 Å². The van der Waals surface area contributed by atoms with Crippen LogP contribution in [0.4, 0.5) is 11.6 Å². The van der Waals surface area contributed by atoms with Gasteiger partial charge in [-0.05, 0) is 12.8 Å². The summed E-state index contributed by atoms with van der Waals surface area (Å²) in [6, 6.07) is 1.98. The molecule has 0 atom stereocenters. The van der Waals surface area contributed by atoms with Crippen LogP contribution in [0.25, 0.3) is 0 Å². The molecule has 18 heavy (non-hydrogen) atoms. The second kappa shape index (κ2) is 7.16. The van der Waals surface area contributed by atoms with Crippen LogP contribution in [0, 0.1) is 5.92 Å². The fraction of sp³-hybridized carbons (Fsp3) is 0.692. The van der Waals surface area contributed by atoms with Gasteiger partial charge < -0.3 is 15.0 Å². The zero-order chi connectivity index (χ0) is 13.5. The molecule has 0 amide bonds. The smallest absolute Gasteiger partial charge is 0.158 e. The summed E-state index contributed by atoms with van der Waals surface area (Å²) in [5.41, 5.74) is 0. The summed E-state index contributed by atoms with van der Waals surface area (Å²) in [7, 11) is 3.70. The van der Waals surface area contributed by atoms with Gasteiger partial charge in [0, 0.05) is 33.3 Å². The third kappa shape index (κ3) is 4.49. The Morgan fingerprint density at radius 1 is 1.39 bits per heavy atom. The molecule has 0 bridgehead atoms. The summed E-state index contributed by atoms with van der Waals surface area (Å²) in [4.78, 5) is 11.1. The Balaban J connectivity index is 2.94. The predicted molar refractivity (Wildman–Crippen MR) is 75.0 cm³/mol. The number of hydrogen-bond donors (Lipinski definition) is 1. The summed E-state index contributed by atoms with van der Waals surface area (Å²) in [5, 5.41) is 3.22. The van der Waals surface area contributed by atoms with Crippen molar-refractivity contribution in [1.29, 1.82) is 0 Å². The molecular formula is C13H24N4O. The number of anilines is 2. The molecule has 0 unspecified atom stereocenters. The van der Waals surface area contributed by atoms with Gasteiger partial charge in [-0.15, -0.1) is 0 Å². The van der Waals surface area contributed by atoms with Gasteiger partial charge >= 0.3 is 0 Å². The third-order valence-electron chi connectivity index (χ3n) is 2.42. The highest BCUT2D eigenvalue weighted by atomic mass is 16.5. The minimum atomic E-state index is 0.432. The van der Waals surface area contributed by atoms with Crippen molar-refractivity contribution in [3.63, 3.8) is 0 Å². The van der Waals surface area contributed by atoms with Gasteiger partial charge in [-0.25, -0.2) is 9.97 Å². The van der Waals surface area contributed by atoms with Gasteiger partial charge in [0.25, 0.3) is 0 Å². The lowest BCUT2D eigenvalue weighted by molar-refractivity contribution is 0.178. The fourth-order valence-corrected chi connectivity index (χ4v) is 1.79. The van der Waals surface area contributed by atoms with E-state index < -0.39 is 0 Å². The molecule has 0 aliphatic carbocycles. The van der Waals surface area contributed by atoms with Crippen LogP contribution in [0.5, 0.6) is 0 Å². The zero-order valence-corrected chi connectivity index (χ0v) is 12.0. The standard InChI is InChI=1S/C13H24N4O/c1-6-14-11-7-13(17(4)8-10(2)3)16-12(15-11)9-18-5/h7,10H,6,8-9H2,1-5H3,(H,14,15,16). The van der Waals surface area contributed by atoms with Gasteiger partial charge in [0.05, 0.1) is 0 Å². The van der Waals surface area contributed by atoms with Crippen LogP contribution >= 0.6 is 0 Å². The molecule has 0 aromatic carbocycles. The molecule has 0 fully saturated rings. The summed E-state index contributed by atoms with van der Waals surface area (Å²) in [6.45, 7) is 8.68. The average Bonchev–Trinajstić information content (AvgIpc) is 2.28. The Morgan fingerprint density at radius 3 is 2.67 bits per heavy atom. The van der Waals surface area contributed by atoms with Gasteiger partial charge in [-0.3, -0.25) is 0 Å². The summed E-state index contributed by atoms with van der Waals surface area (Å²) in [6.07, 6.45) is 0. The number of rotatable bonds is 7. The third-order valence-corrected chi connectivity index (χ3v) is 2.42. The van der Waals surface area contributed by atoms with E-state index in [0.29, 0.717) is 18.3 Å². The second-order valence-electron chi connectivity index (χ2n) is 4.77. The maximum Gasteiger partial charge on any atom is 0.158 e. The number of hydrogen-bond acceptors (Lipinski definition) is 5. The molecule has 1 heterocycles. The van der Waals surface area contributed by atoms with Crippen molar-refractivity contribution in [2.24, 2.45) is 5.92 Å².